The quantitative estimate of drug-likeness (QED) is 0.745. The van der Waals surface area contributed by atoms with E-state index in [1.54, 1.807) is 18.2 Å². The maximum Gasteiger partial charge on any atom is 0.352 e. The molecule has 0 aliphatic heterocycles. The second-order valence-corrected chi connectivity index (χ2v) is 4.11. The van der Waals surface area contributed by atoms with Crippen molar-refractivity contribution in [2.75, 3.05) is 5.32 Å². The topological polar surface area (TPSA) is 82.2 Å². The van der Waals surface area contributed by atoms with Gasteiger partial charge in [-0.15, -0.1) is 0 Å². The van der Waals surface area contributed by atoms with E-state index in [1.807, 2.05) is 0 Å². The first-order chi connectivity index (χ1) is 8.47. The highest BCUT2D eigenvalue weighted by atomic mass is 35.5. The summed E-state index contributed by atoms with van der Waals surface area (Å²) in [4.78, 5) is 24.9. The number of carboxylic acids is 1. The van der Waals surface area contributed by atoms with Gasteiger partial charge in [0.1, 0.15) is 5.69 Å². The summed E-state index contributed by atoms with van der Waals surface area (Å²) in [7, 11) is 0. The van der Waals surface area contributed by atoms with Crippen LogP contribution in [0.5, 0.6) is 0 Å². The molecule has 0 spiro atoms. The molecule has 0 unspecified atom stereocenters. The molecule has 5 nitrogen and oxygen atoms in total. The number of aromatic carboxylic acids is 1. The van der Waals surface area contributed by atoms with Crippen LogP contribution in [0.25, 0.3) is 10.9 Å². The molecule has 1 aromatic carbocycles. The highest BCUT2D eigenvalue weighted by molar-refractivity contribution is 6.43. The third-order valence-electron chi connectivity index (χ3n) is 2.36. The molecule has 0 saturated carbocycles. The van der Waals surface area contributed by atoms with E-state index in [-0.39, 0.29) is 10.7 Å². The maximum atomic E-state index is 11.3. The Bertz CT molecular complexity index is 660. The number of nitrogens with one attached hydrogen (secondary N) is 2. The van der Waals surface area contributed by atoms with Gasteiger partial charge in [-0.25, -0.2) is 4.79 Å². The van der Waals surface area contributed by atoms with Crippen molar-refractivity contribution in [2.24, 2.45) is 0 Å². The molecule has 0 atom stereocenters. The number of halogens is 1. The van der Waals surface area contributed by atoms with Crippen LogP contribution in [0.4, 0.5) is 5.69 Å². The Balaban J connectivity index is 2.35. The number of anilines is 1. The molecule has 2 aromatic rings. The number of carbonyl (C=O) groups is 2. The fourth-order valence-electron chi connectivity index (χ4n) is 1.52. The average molecular weight is 265 g/mol. The van der Waals surface area contributed by atoms with Crippen molar-refractivity contribution >= 4 is 40.1 Å². The summed E-state index contributed by atoms with van der Waals surface area (Å²) < 4.78 is 0. The van der Waals surface area contributed by atoms with E-state index in [0.717, 1.165) is 0 Å². The number of hydrogen-bond donors (Lipinski definition) is 3. The fraction of sp³-hybridized carbons (Fsp3) is 0. The fourth-order valence-corrected chi connectivity index (χ4v) is 1.57. The Labute approximate surface area is 107 Å². The third kappa shape index (κ3) is 2.36. The van der Waals surface area contributed by atoms with Gasteiger partial charge in [0.05, 0.1) is 5.03 Å². The van der Waals surface area contributed by atoms with Gasteiger partial charge in [0.25, 0.3) is 5.91 Å². The van der Waals surface area contributed by atoms with Crippen LogP contribution in [0.3, 0.4) is 0 Å². The summed E-state index contributed by atoms with van der Waals surface area (Å²) in [5, 5.41) is 12.0. The molecule has 92 valence electrons. The van der Waals surface area contributed by atoms with E-state index < -0.39 is 11.9 Å². The van der Waals surface area contributed by atoms with Crippen LogP contribution in [0.1, 0.15) is 10.5 Å². The van der Waals surface area contributed by atoms with Crippen molar-refractivity contribution in [2.45, 2.75) is 0 Å². The van der Waals surface area contributed by atoms with Gasteiger partial charge in [0.2, 0.25) is 0 Å². The first-order valence-electron chi connectivity index (χ1n) is 4.99. The molecule has 0 saturated heterocycles. The Morgan fingerprint density at radius 3 is 2.67 bits per heavy atom. The van der Waals surface area contributed by atoms with Crippen molar-refractivity contribution in [1.29, 1.82) is 0 Å². The van der Waals surface area contributed by atoms with Gasteiger partial charge in [-0.2, -0.15) is 0 Å². The number of carboxylic acid groups (broad SMARTS) is 1. The van der Waals surface area contributed by atoms with E-state index in [1.165, 1.54) is 6.07 Å². The minimum absolute atomic E-state index is 0.0928. The predicted octanol–water partition coefficient (Wildman–Crippen LogP) is 2.56. The van der Waals surface area contributed by atoms with Crippen LogP contribution < -0.4 is 5.32 Å². The minimum Gasteiger partial charge on any atom is -0.477 e. The van der Waals surface area contributed by atoms with Crippen LogP contribution in [0.2, 0.25) is 0 Å². The van der Waals surface area contributed by atoms with Crippen LogP contribution in [0.15, 0.2) is 35.9 Å². The Kier molecular flexibility index (Phi) is 3.08. The summed E-state index contributed by atoms with van der Waals surface area (Å²) in [6, 6.07) is 6.45. The zero-order valence-electron chi connectivity index (χ0n) is 9.16. The molecule has 0 aliphatic rings. The number of aromatic nitrogens is 1. The van der Waals surface area contributed by atoms with Crippen molar-refractivity contribution in [3.63, 3.8) is 0 Å². The number of fused-ring (bicyclic) bond motifs is 1. The lowest BCUT2D eigenvalue weighted by Gasteiger charge is -2.03. The molecule has 1 amide bonds. The molecule has 1 heterocycles. The highest BCUT2D eigenvalue weighted by Gasteiger charge is 2.09. The van der Waals surface area contributed by atoms with Crippen molar-refractivity contribution in [3.8, 4) is 0 Å². The molecule has 1 aromatic heterocycles. The van der Waals surface area contributed by atoms with Gasteiger partial charge in [0, 0.05) is 16.6 Å². The molecule has 0 aliphatic carbocycles. The van der Waals surface area contributed by atoms with Gasteiger partial charge in [-0.3, -0.25) is 4.79 Å². The second kappa shape index (κ2) is 4.54. The predicted molar refractivity (Wildman–Crippen MR) is 68.9 cm³/mol. The number of hydrogen-bond acceptors (Lipinski definition) is 2. The summed E-state index contributed by atoms with van der Waals surface area (Å²) in [5.74, 6) is -1.53. The van der Waals surface area contributed by atoms with E-state index >= 15 is 0 Å². The normalized spacial score (nSPS) is 10.3. The van der Waals surface area contributed by atoms with E-state index in [2.05, 4.69) is 16.9 Å². The number of H-pyrrole nitrogens is 1. The Morgan fingerprint density at radius 1 is 1.33 bits per heavy atom. The summed E-state index contributed by atoms with van der Waals surface area (Å²) >= 11 is 5.45. The molecule has 0 radical (unpaired) electrons. The Hall–Kier alpha value is -2.27. The second-order valence-electron chi connectivity index (χ2n) is 3.65. The smallest absolute Gasteiger partial charge is 0.352 e. The monoisotopic (exact) mass is 264 g/mol. The first-order valence-corrected chi connectivity index (χ1v) is 5.37. The summed E-state index contributed by atoms with van der Waals surface area (Å²) in [6.07, 6.45) is 0. The van der Waals surface area contributed by atoms with E-state index in [9.17, 15) is 9.59 Å². The van der Waals surface area contributed by atoms with Gasteiger partial charge in [-0.1, -0.05) is 18.2 Å². The van der Waals surface area contributed by atoms with E-state index in [0.29, 0.717) is 16.6 Å². The van der Waals surface area contributed by atoms with Crippen molar-refractivity contribution in [3.05, 3.63) is 41.6 Å². The van der Waals surface area contributed by atoms with Crippen LogP contribution in [-0.2, 0) is 4.79 Å². The largest absolute Gasteiger partial charge is 0.477 e. The van der Waals surface area contributed by atoms with Gasteiger partial charge in [0.15, 0.2) is 0 Å². The number of aromatic amines is 1. The molecular weight excluding hydrogens is 256 g/mol. The minimum atomic E-state index is -1.04. The molecule has 2 rings (SSSR count). The molecular formula is C12H9ClN2O3. The van der Waals surface area contributed by atoms with E-state index in [4.69, 9.17) is 16.7 Å². The molecule has 18 heavy (non-hydrogen) atoms. The van der Waals surface area contributed by atoms with Gasteiger partial charge >= 0.3 is 5.97 Å². The van der Waals surface area contributed by atoms with Crippen LogP contribution in [-0.4, -0.2) is 22.0 Å². The van der Waals surface area contributed by atoms with Crippen LogP contribution in [0, 0.1) is 0 Å². The molecule has 6 heteroatoms. The summed E-state index contributed by atoms with van der Waals surface area (Å²) in [5.41, 5.74) is 1.29. The first kappa shape index (κ1) is 12.2. The Morgan fingerprint density at radius 2 is 2.06 bits per heavy atom. The van der Waals surface area contributed by atoms with Gasteiger partial charge in [-0.05, 0) is 24.3 Å². The summed E-state index contributed by atoms with van der Waals surface area (Å²) in [6.45, 7) is 3.31. The molecule has 0 fully saturated rings. The lowest BCUT2D eigenvalue weighted by molar-refractivity contribution is -0.112. The molecule has 3 N–H and O–H groups in total. The van der Waals surface area contributed by atoms with Crippen molar-refractivity contribution < 1.29 is 14.7 Å². The van der Waals surface area contributed by atoms with Gasteiger partial charge < -0.3 is 15.4 Å². The number of carbonyl (C=O) groups excluding carboxylic acids is 1. The number of rotatable bonds is 3. The average Bonchev–Trinajstić information content (AvgIpc) is 2.71. The van der Waals surface area contributed by atoms with Crippen LogP contribution >= 0.6 is 11.6 Å². The highest BCUT2D eigenvalue weighted by Crippen LogP contribution is 2.20. The zero-order chi connectivity index (χ0) is 13.3. The maximum absolute atomic E-state index is 11.3. The lowest BCUT2D eigenvalue weighted by atomic mass is 10.2. The molecule has 0 bridgehead atoms. The third-order valence-corrected chi connectivity index (χ3v) is 2.53. The standard InChI is InChI=1S/C12H9ClN2O3/c1-6(13)11(16)14-8-2-3-9-7(4-8)5-10(15-9)12(17)18/h2-5,15H,1H2,(H,14,16)(H,17,18). The number of benzene rings is 1. The SMILES string of the molecule is C=C(Cl)C(=O)Nc1ccc2[nH]c(C(=O)O)cc2c1. The number of amides is 1. The lowest BCUT2D eigenvalue weighted by Crippen LogP contribution is -2.10. The van der Waals surface area contributed by atoms with Crippen molar-refractivity contribution in [1.82, 2.24) is 4.98 Å². The zero-order valence-corrected chi connectivity index (χ0v) is 9.91.